The summed E-state index contributed by atoms with van der Waals surface area (Å²) in [6.07, 6.45) is 3.34. The van der Waals surface area contributed by atoms with Crippen molar-refractivity contribution < 1.29 is 4.39 Å². The SMILES string of the molecule is CC(F)CCCC#CCC[P+](c1ccccc1)(c1ccccc1)c1ccccc1. The molecule has 0 aliphatic heterocycles. The Morgan fingerprint density at radius 1 is 0.690 bits per heavy atom. The maximum absolute atomic E-state index is 13.0. The minimum absolute atomic E-state index is 0.601. The first kappa shape index (κ1) is 21.3. The standard InChI is InChI=1S/C27H29FP/c1-24(28)16-8-3-2-4-15-23-29(25-17-9-5-10-18-25,26-19-11-6-12-20-26)27-21-13-7-14-22-27/h5-7,9-14,17-22,24H,3,8,15-16,23H2,1H3/q+1. The van der Waals surface area contributed by atoms with Crippen LogP contribution in [0.5, 0.6) is 0 Å². The molecular weight excluding hydrogens is 374 g/mol. The first-order valence-electron chi connectivity index (χ1n) is 10.4. The smallest absolute Gasteiger partial charge is 0.113 e. The summed E-state index contributed by atoms with van der Waals surface area (Å²) in [5.41, 5.74) is 0. The second kappa shape index (κ2) is 10.9. The van der Waals surface area contributed by atoms with Crippen LogP contribution in [0.3, 0.4) is 0 Å². The summed E-state index contributed by atoms with van der Waals surface area (Å²) in [6, 6.07) is 32.7. The molecule has 0 radical (unpaired) electrons. The van der Waals surface area contributed by atoms with Crippen molar-refractivity contribution in [2.24, 2.45) is 0 Å². The van der Waals surface area contributed by atoms with Gasteiger partial charge in [0.15, 0.2) is 0 Å². The minimum atomic E-state index is -1.79. The molecule has 0 bridgehead atoms. The Balaban J connectivity index is 1.94. The molecule has 0 aliphatic carbocycles. The van der Waals surface area contributed by atoms with Crippen LogP contribution in [-0.4, -0.2) is 12.3 Å². The van der Waals surface area contributed by atoms with Gasteiger partial charge in [0.25, 0.3) is 0 Å². The van der Waals surface area contributed by atoms with Gasteiger partial charge in [-0.3, -0.25) is 0 Å². The van der Waals surface area contributed by atoms with Crippen LogP contribution >= 0.6 is 7.26 Å². The molecule has 0 aliphatic rings. The molecule has 0 heterocycles. The topological polar surface area (TPSA) is 0 Å². The predicted molar refractivity (Wildman–Crippen MR) is 127 cm³/mol. The Kier molecular flexibility index (Phi) is 8.03. The third-order valence-electron chi connectivity index (χ3n) is 5.19. The van der Waals surface area contributed by atoms with Gasteiger partial charge in [-0.2, -0.15) is 0 Å². The Morgan fingerprint density at radius 3 is 1.52 bits per heavy atom. The molecule has 2 heteroatoms. The van der Waals surface area contributed by atoms with E-state index in [0.29, 0.717) is 6.42 Å². The normalized spacial score (nSPS) is 12.1. The molecule has 0 nitrogen and oxygen atoms in total. The number of rotatable bonds is 8. The highest BCUT2D eigenvalue weighted by Crippen LogP contribution is 2.55. The van der Waals surface area contributed by atoms with Gasteiger partial charge in [-0.15, -0.1) is 5.92 Å². The third-order valence-corrected chi connectivity index (χ3v) is 9.63. The van der Waals surface area contributed by atoms with Crippen molar-refractivity contribution in [1.29, 1.82) is 0 Å². The Morgan fingerprint density at radius 2 is 1.10 bits per heavy atom. The monoisotopic (exact) mass is 403 g/mol. The quantitative estimate of drug-likeness (QED) is 0.249. The van der Waals surface area contributed by atoms with Crippen molar-refractivity contribution in [2.45, 2.75) is 38.8 Å². The molecule has 3 aromatic carbocycles. The summed E-state index contributed by atoms with van der Waals surface area (Å²) in [7, 11) is -1.79. The fraction of sp³-hybridized carbons (Fsp3) is 0.259. The lowest BCUT2D eigenvalue weighted by molar-refractivity contribution is 0.336. The van der Waals surface area contributed by atoms with Crippen LogP contribution in [0.25, 0.3) is 0 Å². The van der Waals surface area contributed by atoms with E-state index in [-0.39, 0.29) is 0 Å². The van der Waals surface area contributed by atoms with Gasteiger partial charge in [-0.05, 0) is 56.2 Å². The van der Waals surface area contributed by atoms with Gasteiger partial charge in [0, 0.05) is 12.8 Å². The molecule has 0 N–H and O–H groups in total. The van der Waals surface area contributed by atoms with E-state index < -0.39 is 13.4 Å². The van der Waals surface area contributed by atoms with Crippen LogP contribution in [0.4, 0.5) is 4.39 Å². The highest BCUT2D eigenvalue weighted by Gasteiger charge is 2.44. The summed E-state index contributed by atoms with van der Waals surface area (Å²) >= 11 is 0. The molecule has 1 atom stereocenters. The molecule has 0 saturated carbocycles. The van der Waals surface area contributed by atoms with Crippen molar-refractivity contribution in [2.75, 3.05) is 6.16 Å². The number of unbranched alkanes of at least 4 members (excludes halogenated alkanes) is 1. The van der Waals surface area contributed by atoms with E-state index in [9.17, 15) is 4.39 Å². The van der Waals surface area contributed by atoms with E-state index in [1.54, 1.807) is 6.92 Å². The summed E-state index contributed by atoms with van der Waals surface area (Å²) in [5.74, 6) is 6.65. The minimum Gasteiger partial charge on any atom is -0.248 e. The number of benzene rings is 3. The summed E-state index contributed by atoms with van der Waals surface area (Å²) in [4.78, 5) is 0. The zero-order valence-electron chi connectivity index (χ0n) is 17.1. The Labute approximate surface area is 175 Å². The second-order valence-corrected chi connectivity index (χ2v) is 10.9. The Hall–Kier alpha value is -2.42. The van der Waals surface area contributed by atoms with Crippen LogP contribution in [0.15, 0.2) is 91.0 Å². The number of alkyl halides is 1. The lowest BCUT2D eigenvalue weighted by Gasteiger charge is -2.27. The van der Waals surface area contributed by atoms with Crippen LogP contribution in [0.1, 0.15) is 32.6 Å². The molecule has 3 aromatic rings. The van der Waals surface area contributed by atoms with Crippen molar-refractivity contribution in [1.82, 2.24) is 0 Å². The molecule has 29 heavy (non-hydrogen) atoms. The summed E-state index contributed by atoms with van der Waals surface area (Å²) < 4.78 is 13.0. The van der Waals surface area contributed by atoms with Crippen molar-refractivity contribution >= 4 is 23.2 Å². The van der Waals surface area contributed by atoms with Gasteiger partial charge < -0.3 is 0 Å². The van der Waals surface area contributed by atoms with Gasteiger partial charge in [0.2, 0.25) is 0 Å². The van der Waals surface area contributed by atoms with E-state index in [2.05, 4.69) is 103 Å². The molecule has 0 aromatic heterocycles. The predicted octanol–water partition coefficient (Wildman–Crippen LogP) is 5.90. The van der Waals surface area contributed by atoms with Crippen LogP contribution in [0.2, 0.25) is 0 Å². The van der Waals surface area contributed by atoms with E-state index in [0.717, 1.165) is 25.4 Å². The lowest BCUT2D eigenvalue weighted by Crippen LogP contribution is -2.33. The highest BCUT2D eigenvalue weighted by atomic mass is 31.2. The fourth-order valence-electron chi connectivity index (χ4n) is 3.75. The average Bonchev–Trinajstić information content (AvgIpc) is 2.77. The third kappa shape index (κ3) is 5.56. The van der Waals surface area contributed by atoms with E-state index in [1.165, 1.54) is 15.9 Å². The van der Waals surface area contributed by atoms with Crippen molar-refractivity contribution in [3.05, 3.63) is 91.0 Å². The number of hydrogen-bond donors (Lipinski definition) is 0. The van der Waals surface area contributed by atoms with E-state index in [4.69, 9.17) is 0 Å². The largest absolute Gasteiger partial charge is 0.248 e. The van der Waals surface area contributed by atoms with Gasteiger partial charge in [-0.25, -0.2) is 4.39 Å². The maximum atomic E-state index is 13.0. The van der Waals surface area contributed by atoms with Gasteiger partial charge in [0.05, 0.1) is 12.3 Å². The van der Waals surface area contributed by atoms with Crippen LogP contribution in [0, 0.1) is 11.8 Å². The van der Waals surface area contributed by atoms with Gasteiger partial charge in [-0.1, -0.05) is 60.5 Å². The Bertz CT molecular complexity index is 812. The lowest BCUT2D eigenvalue weighted by atomic mass is 10.2. The molecule has 1 unspecified atom stereocenters. The molecule has 0 saturated heterocycles. The first-order chi connectivity index (χ1) is 14.2. The van der Waals surface area contributed by atoms with Crippen LogP contribution < -0.4 is 15.9 Å². The van der Waals surface area contributed by atoms with Crippen LogP contribution in [-0.2, 0) is 0 Å². The first-order valence-corrected chi connectivity index (χ1v) is 12.4. The van der Waals surface area contributed by atoms with Gasteiger partial charge in [0.1, 0.15) is 23.2 Å². The molecule has 0 amide bonds. The highest BCUT2D eigenvalue weighted by molar-refractivity contribution is 7.95. The van der Waals surface area contributed by atoms with E-state index >= 15 is 0 Å². The second-order valence-electron chi connectivity index (χ2n) is 7.32. The van der Waals surface area contributed by atoms with Gasteiger partial charge >= 0.3 is 0 Å². The molecule has 0 fully saturated rings. The zero-order valence-corrected chi connectivity index (χ0v) is 18.0. The molecule has 0 spiro atoms. The average molecular weight is 404 g/mol. The molecule has 148 valence electrons. The molecule has 3 rings (SSSR count). The fourth-order valence-corrected chi connectivity index (χ4v) is 7.91. The summed E-state index contributed by atoms with van der Waals surface area (Å²) in [5, 5.41) is 4.18. The number of hydrogen-bond acceptors (Lipinski definition) is 0. The van der Waals surface area contributed by atoms with Crippen molar-refractivity contribution in [3.63, 3.8) is 0 Å². The maximum Gasteiger partial charge on any atom is 0.113 e. The zero-order chi connectivity index (χ0) is 20.4. The van der Waals surface area contributed by atoms with Crippen molar-refractivity contribution in [3.8, 4) is 11.8 Å². The molecular formula is C27H29FP+. The van der Waals surface area contributed by atoms with E-state index in [1.807, 2.05) is 0 Å². The number of halogens is 1. The summed E-state index contributed by atoms with van der Waals surface area (Å²) in [6.45, 7) is 1.62.